The summed E-state index contributed by atoms with van der Waals surface area (Å²) in [5.74, 6) is 0.337. The van der Waals surface area contributed by atoms with Crippen LogP contribution in [-0.2, 0) is 9.47 Å². The first kappa shape index (κ1) is 17.9. The Morgan fingerprint density at radius 3 is 2.67 bits per heavy atom. The lowest BCUT2D eigenvalue weighted by Gasteiger charge is -2.34. The molecule has 1 aromatic carbocycles. The van der Waals surface area contributed by atoms with Crippen LogP contribution in [0.5, 0.6) is 0 Å². The van der Waals surface area contributed by atoms with Crippen LogP contribution in [0.2, 0.25) is 0 Å². The molecule has 2 fully saturated rings. The Morgan fingerprint density at radius 1 is 1.15 bits per heavy atom. The minimum absolute atomic E-state index is 0.0753. The average molecular weight is 371 g/mol. The molecule has 2 aliphatic heterocycles. The van der Waals surface area contributed by atoms with Gasteiger partial charge in [-0.05, 0) is 43.2 Å². The second-order valence-corrected chi connectivity index (χ2v) is 6.77. The zero-order chi connectivity index (χ0) is 18.6. The number of ether oxygens (including phenoxy) is 2. The highest BCUT2D eigenvalue weighted by Crippen LogP contribution is 2.28. The summed E-state index contributed by atoms with van der Waals surface area (Å²) in [6, 6.07) is 9.57. The van der Waals surface area contributed by atoms with E-state index in [0.29, 0.717) is 49.3 Å². The number of benzene rings is 1. The molecule has 142 valence electrons. The molecule has 3 heterocycles. The molecule has 0 saturated carbocycles. The minimum Gasteiger partial charge on any atom is -0.350 e. The van der Waals surface area contributed by atoms with E-state index in [1.165, 1.54) is 12.1 Å². The standard InChI is InChI=1S/C20H22FN3O3/c21-15-3-1-4-16(13-15)23-18-17(5-2-8-22-18)19(25)24-9-6-14(7-10-24)20-26-11-12-27-20/h1-5,8,13-14,20H,6-7,9-12H2,(H,22,23). The molecule has 4 rings (SSSR count). The second-order valence-electron chi connectivity index (χ2n) is 6.77. The molecular formula is C20H22FN3O3. The number of aromatic nitrogens is 1. The van der Waals surface area contributed by atoms with Crippen molar-refractivity contribution in [2.45, 2.75) is 19.1 Å². The Balaban J connectivity index is 1.44. The molecule has 2 saturated heterocycles. The maximum Gasteiger partial charge on any atom is 0.257 e. The molecular weight excluding hydrogens is 349 g/mol. The van der Waals surface area contributed by atoms with E-state index in [-0.39, 0.29) is 18.0 Å². The fourth-order valence-corrected chi connectivity index (χ4v) is 3.57. The van der Waals surface area contributed by atoms with Crippen LogP contribution in [-0.4, -0.2) is 48.4 Å². The smallest absolute Gasteiger partial charge is 0.257 e. The number of carbonyl (C=O) groups is 1. The van der Waals surface area contributed by atoms with Gasteiger partial charge in [-0.3, -0.25) is 4.79 Å². The maximum atomic E-state index is 13.4. The number of halogens is 1. The SMILES string of the molecule is O=C(c1cccnc1Nc1cccc(F)c1)N1CCC(C2OCCO2)CC1. The van der Waals surface area contributed by atoms with Gasteiger partial charge in [0, 0.05) is 30.9 Å². The van der Waals surface area contributed by atoms with Crippen molar-refractivity contribution in [3.8, 4) is 0 Å². The van der Waals surface area contributed by atoms with Gasteiger partial charge in [0.25, 0.3) is 5.91 Å². The van der Waals surface area contributed by atoms with Gasteiger partial charge in [-0.25, -0.2) is 9.37 Å². The van der Waals surface area contributed by atoms with Gasteiger partial charge < -0.3 is 19.7 Å². The first-order valence-electron chi connectivity index (χ1n) is 9.21. The van der Waals surface area contributed by atoms with Crippen LogP contribution in [0.4, 0.5) is 15.9 Å². The summed E-state index contributed by atoms with van der Waals surface area (Å²) in [5, 5.41) is 3.05. The quantitative estimate of drug-likeness (QED) is 0.894. The van der Waals surface area contributed by atoms with E-state index in [1.807, 2.05) is 4.90 Å². The third-order valence-electron chi connectivity index (χ3n) is 4.98. The molecule has 0 bridgehead atoms. The number of amides is 1. The van der Waals surface area contributed by atoms with E-state index >= 15 is 0 Å². The summed E-state index contributed by atoms with van der Waals surface area (Å²) in [7, 11) is 0. The van der Waals surface area contributed by atoms with Gasteiger partial charge in [-0.15, -0.1) is 0 Å². The van der Waals surface area contributed by atoms with Crippen LogP contribution in [0.25, 0.3) is 0 Å². The monoisotopic (exact) mass is 371 g/mol. The zero-order valence-corrected chi connectivity index (χ0v) is 14.9. The maximum absolute atomic E-state index is 13.4. The van der Waals surface area contributed by atoms with Crippen molar-refractivity contribution < 1.29 is 18.7 Å². The van der Waals surface area contributed by atoms with Crippen molar-refractivity contribution in [2.24, 2.45) is 5.92 Å². The number of nitrogens with one attached hydrogen (secondary N) is 1. The van der Waals surface area contributed by atoms with E-state index in [9.17, 15) is 9.18 Å². The van der Waals surface area contributed by atoms with Gasteiger partial charge in [0.2, 0.25) is 0 Å². The summed E-state index contributed by atoms with van der Waals surface area (Å²) in [6.45, 7) is 2.60. The number of nitrogens with zero attached hydrogens (tertiary/aromatic N) is 2. The van der Waals surface area contributed by atoms with Crippen molar-refractivity contribution in [3.63, 3.8) is 0 Å². The Labute approximate surface area is 157 Å². The average Bonchev–Trinajstić information content (AvgIpc) is 3.23. The third kappa shape index (κ3) is 4.09. The van der Waals surface area contributed by atoms with Crippen LogP contribution in [0, 0.1) is 11.7 Å². The zero-order valence-electron chi connectivity index (χ0n) is 14.9. The topological polar surface area (TPSA) is 63.7 Å². The number of rotatable bonds is 4. The van der Waals surface area contributed by atoms with Crippen LogP contribution < -0.4 is 5.32 Å². The van der Waals surface area contributed by atoms with Crippen LogP contribution in [0.1, 0.15) is 23.2 Å². The number of pyridine rings is 1. The molecule has 2 aliphatic rings. The van der Waals surface area contributed by atoms with Crippen molar-refractivity contribution >= 4 is 17.4 Å². The molecule has 2 aromatic rings. The molecule has 6 nitrogen and oxygen atoms in total. The molecule has 27 heavy (non-hydrogen) atoms. The molecule has 1 amide bonds. The van der Waals surface area contributed by atoms with E-state index < -0.39 is 0 Å². The summed E-state index contributed by atoms with van der Waals surface area (Å²) >= 11 is 0. The largest absolute Gasteiger partial charge is 0.350 e. The predicted molar refractivity (Wildman–Crippen MR) is 98.2 cm³/mol. The van der Waals surface area contributed by atoms with Gasteiger partial charge in [-0.1, -0.05) is 6.07 Å². The fraction of sp³-hybridized carbons (Fsp3) is 0.400. The highest BCUT2D eigenvalue weighted by atomic mass is 19.1. The molecule has 0 radical (unpaired) electrons. The molecule has 0 spiro atoms. The Bertz CT molecular complexity index is 803. The number of likely N-dealkylation sites (tertiary alicyclic amines) is 1. The van der Waals surface area contributed by atoms with Crippen LogP contribution >= 0.6 is 0 Å². The number of anilines is 2. The Hall–Kier alpha value is -2.51. The first-order valence-corrected chi connectivity index (χ1v) is 9.21. The fourth-order valence-electron chi connectivity index (χ4n) is 3.57. The number of hydrogen-bond acceptors (Lipinski definition) is 5. The summed E-state index contributed by atoms with van der Waals surface area (Å²) in [5.41, 5.74) is 1.03. The molecule has 0 atom stereocenters. The minimum atomic E-state index is -0.345. The van der Waals surface area contributed by atoms with Crippen LogP contribution in [0.3, 0.4) is 0 Å². The summed E-state index contributed by atoms with van der Waals surface area (Å²) in [6.07, 6.45) is 3.18. The van der Waals surface area contributed by atoms with Gasteiger partial charge in [-0.2, -0.15) is 0 Å². The predicted octanol–water partition coefficient (Wildman–Crippen LogP) is 3.19. The second kappa shape index (κ2) is 8.02. The molecule has 7 heteroatoms. The Kier molecular flexibility index (Phi) is 5.31. The van der Waals surface area contributed by atoms with E-state index in [4.69, 9.17) is 9.47 Å². The van der Waals surface area contributed by atoms with Crippen molar-refractivity contribution in [3.05, 3.63) is 54.0 Å². The van der Waals surface area contributed by atoms with Crippen molar-refractivity contribution in [1.29, 1.82) is 0 Å². The molecule has 1 N–H and O–H groups in total. The van der Waals surface area contributed by atoms with Gasteiger partial charge in [0.05, 0.1) is 18.8 Å². The van der Waals surface area contributed by atoms with Gasteiger partial charge in [0.15, 0.2) is 6.29 Å². The van der Waals surface area contributed by atoms with E-state index in [2.05, 4.69) is 10.3 Å². The summed E-state index contributed by atoms with van der Waals surface area (Å²) < 4.78 is 24.6. The van der Waals surface area contributed by atoms with Crippen LogP contribution in [0.15, 0.2) is 42.6 Å². The lowest BCUT2D eigenvalue weighted by Crippen LogP contribution is -2.41. The molecule has 0 unspecified atom stereocenters. The van der Waals surface area contributed by atoms with Crippen molar-refractivity contribution in [1.82, 2.24) is 9.88 Å². The van der Waals surface area contributed by atoms with Gasteiger partial charge >= 0.3 is 0 Å². The van der Waals surface area contributed by atoms with E-state index in [0.717, 1.165) is 12.8 Å². The number of piperidine rings is 1. The third-order valence-corrected chi connectivity index (χ3v) is 4.98. The lowest BCUT2D eigenvalue weighted by atomic mass is 9.95. The van der Waals surface area contributed by atoms with Crippen molar-refractivity contribution in [2.75, 3.05) is 31.6 Å². The number of hydrogen-bond donors (Lipinski definition) is 1. The van der Waals surface area contributed by atoms with Gasteiger partial charge in [0.1, 0.15) is 11.6 Å². The molecule has 0 aliphatic carbocycles. The normalized spacial score (nSPS) is 18.6. The summed E-state index contributed by atoms with van der Waals surface area (Å²) in [4.78, 5) is 19.1. The highest BCUT2D eigenvalue weighted by Gasteiger charge is 2.32. The lowest BCUT2D eigenvalue weighted by molar-refractivity contribution is -0.0956. The number of carbonyl (C=O) groups excluding carboxylic acids is 1. The first-order chi connectivity index (χ1) is 13.2. The Morgan fingerprint density at radius 2 is 1.93 bits per heavy atom. The van der Waals surface area contributed by atoms with E-state index in [1.54, 1.807) is 30.5 Å². The highest BCUT2D eigenvalue weighted by molar-refractivity contribution is 5.99. The molecule has 1 aromatic heterocycles.